The van der Waals surface area contributed by atoms with Crippen molar-refractivity contribution in [1.82, 2.24) is 24.5 Å². The third kappa shape index (κ3) is 3.55. The molecule has 0 radical (unpaired) electrons. The van der Waals surface area contributed by atoms with Gasteiger partial charge in [-0.25, -0.2) is 9.38 Å². The Morgan fingerprint density at radius 1 is 1.09 bits per heavy atom. The van der Waals surface area contributed by atoms with E-state index in [1.807, 2.05) is 45.7 Å². The Hall–Kier alpha value is -3.23. The number of carbonyl (C=O) groups is 1. The number of aromatic nitrogens is 4. The molecule has 5 rings (SSSR count). The Morgan fingerprint density at radius 2 is 1.88 bits per heavy atom. The zero-order valence-corrected chi connectivity index (χ0v) is 18.7. The Kier molecular flexibility index (Phi) is 5.40. The number of aryl methyl sites for hydroxylation is 1. The van der Waals surface area contributed by atoms with Gasteiger partial charge in [-0.1, -0.05) is 35.9 Å². The van der Waals surface area contributed by atoms with Gasteiger partial charge in [0.2, 0.25) is 11.9 Å². The van der Waals surface area contributed by atoms with Crippen LogP contribution in [0.1, 0.15) is 5.56 Å². The quantitative estimate of drug-likeness (QED) is 0.475. The number of nitrogens with zero attached hydrogens (tertiary/aromatic N) is 6. The van der Waals surface area contributed by atoms with Gasteiger partial charge in [0.05, 0.1) is 5.52 Å². The van der Waals surface area contributed by atoms with Gasteiger partial charge >= 0.3 is 0 Å². The summed E-state index contributed by atoms with van der Waals surface area (Å²) in [5.41, 5.74) is 3.61. The van der Waals surface area contributed by atoms with Crippen molar-refractivity contribution >= 4 is 40.0 Å². The number of fused-ring (bicyclic) bond motifs is 3. The van der Waals surface area contributed by atoms with E-state index in [4.69, 9.17) is 21.3 Å². The first-order chi connectivity index (χ1) is 15.6. The molecule has 0 saturated carbocycles. The van der Waals surface area contributed by atoms with Crippen molar-refractivity contribution in [3.8, 4) is 11.4 Å². The maximum absolute atomic E-state index is 12.2. The average molecular weight is 451 g/mol. The molecule has 1 amide bonds. The van der Waals surface area contributed by atoms with Crippen LogP contribution in [0.4, 0.5) is 5.95 Å². The summed E-state index contributed by atoms with van der Waals surface area (Å²) in [6.07, 6.45) is 0. The summed E-state index contributed by atoms with van der Waals surface area (Å²) in [6, 6.07) is 13.7. The van der Waals surface area contributed by atoms with Crippen LogP contribution in [0.15, 0.2) is 42.5 Å². The first-order valence-corrected chi connectivity index (χ1v) is 10.9. The summed E-state index contributed by atoms with van der Waals surface area (Å²) in [5, 5.41) is 10.6. The van der Waals surface area contributed by atoms with E-state index in [-0.39, 0.29) is 12.5 Å². The van der Waals surface area contributed by atoms with Crippen LogP contribution in [-0.2, 0) is 9.53 Å². The van der Waals surface area contributed by atoms with Crippen molar-refractivity contribution in [3.63, 3.8) is 0 Å². The van der Waals surface area contributed by atoms with Crippen LogP contribution in [0.2, 0.25) is 5.02 Å². The van der Waals surface area contributed by atoms with Crippen molar-refractivity contribution in [1.29, 1.82) is 0 Å². The van der Waals surface area contributed by atoms with Crippen molar-refractivity contribution in [2.45, 2.75) is 6.92 Å². The van der Waals surface area contributed by atoms with Crippen LogP contribution in [0, 0.1) is 6.92 Å². The van der Waals surface area contributed by atoms with Crippen LogP contribution in [-0.4, -0.2) is 70.3 Å². The van der Waals surface area contributed by atoms with Gasteiger partial charge in [-0.3, -0.25) is 4.79 Å². The molecule has 1 fully saturated rings. The molecule has 4 aromatic rings. The zero-order valence-electron chi connectivity index (χ0n) is 18.0. The van der Waals surface area contributed by atoms with E-state index in [1.54, 1.807) is 0 Å². The lowest BCUT2D eigenvalue weighted by Crippen LogP contribution is -2.50. The second kappa shape index (κ2) is 8.37. The molecular weight excluding hydrogens is 428 g/mol. The molecule has 32 heavy (non-hydrogen) atoms. The molecule has 2 aromatic heterocycles. The number of anilines is 1. The standard InChI is InChI=1S/C23H23ClN6O2/c1-15-5-3-4-6-17(15)21-26-27-22-18-8-7-16(24)13-19(18)25-23(30(21)22)29-11-9-28(10-12-29)20(31)14-32-2/h3-8,13H,9-12,14H2,1-2H3. The molecule has 1 aliphatic heterocycles. The molecule has 8 nitrogen and oxygen atoms in total. The maximum atomic E-state index is 12.2. The van der Waals surface area contributed by atoms with E-state index in [9.17, 15) is 4.79 Å². The van der Waals surface area contributed by atoms with Crippen LogP contribution < -0.4 is 4.90 Å². The van der Waals surface area contributed by atoms with Crippen molar-refractivity contribution in [3.05, 3.63) is 53.1 Å². The zero-order chi connectivity index (χ0) is 22.2. The van der Waals surface area contributed by atoms with Gasteiger partial charge in [-0.05, 0) is 30.7 Å². The molecule has 0 spiro atoms. The molecule has 0 unspecified atom stereocenters. The van der Waals surface area contributed by atoms with E-state index in [1.165, 1.54) is 7.11 Å². The van der Waals surface area contributed by atoms with E-state index in [0.29, 0.717) is 31.2 Å². The molecule has 164 valence electrons. The first kappa shape index (κ1) is 20.7. The monoisotopic (exact) mass is 450 g/mol. The maximum Gasteiger partial charge on any atom is 0.248 e. The number of benzene rings is 2. The number of halogens is 1. The Morgan fingerprint density at radius 3 is 2.62 bits per heavy atom. The van der Waals surface area contributed by atoms with E-state index in [2.05, 4.69) is 28.1 Å². The number of piperazine rings is 1. The highest BCUT2D eigenvalue weighted by Gasteiger charge is 2.26. The molecule has 9 heteroatoms. The van der Waals surface area contributed by atoms with Gasteiger partial charge in [0.1, 0.15) is 6.61 Å². The van der Waals surface area contributed by atoms with Crippen LogP contribution in [0.3, 0.4) is 0 Å². The summed E-state index contributed by atoms with van der Waals surface area (Å²) >= 11 is 6.26. The normalized spacial score (nSPS) is 14.5. The number of carbonyl (C=O) groups excluding carboxylic acids is 1. The molecule has 1 aliphatic rings. The number of hydrogen-bond donors (Lipinski definition) is 0. The van der Waals surface area contributed by atoms with Crippen LogP contribution >= 0.6 is 11.6 Å². The minimum Gasteiger partial charge on any atom is -0.375 e. The minimum absolute atomic E-state index is 0.000413. The number of rotatable bonds is 4. The largest absolute Gasteiger partial charge is 0.375 e. The molecule has 1 saturated heterocycles. The molecule has 3 heterocycles. The second-order valence-corrected chi connectivity index (χ2v) is 8.31. The second-order valence-electron chi connectivity index (χ2n) is 7.87. The summed E-state index contributed by atoms with van der Waals surface area (Å²) in [7, 11) is 1.54. The van der Waals surface area contributed by atoms with Gasteiger partial charge < -0.3 is 14.5 Å². The predicted molar refractivity (Wildman–Crippen MR) is 124 cm³/mol. The molecule has 0 bridgehead atoms. The van der Waals surface area contributed by atoms with Gasteiger partial charge in [0, 0.05) is 49.3 Å². The topological polar surface area (TPSA) is 75.9 Å². The highest BCUT2D eigenvalue weighted by atomic mass is 35.5. The fraction of sp³-hybridized carbons (Fsp3) is 0.304. The Bertz CT molecular complexity index is 1310. The van der Waals surface area contributed by atoms with Crippen molar-refractivity contribution < 1.29 is 9.53 Å². The molecular formula is C23H23ClN6O2. The predicted octanol–water partition coefficient (Wildman–Crippen LogP) is 3.20. The number of hydrogen-bond acceptors (Lipinski definition) is 6. The lowest BCUT2D eigenvalue weighted by molar-refractivity contribution is -0.135. The highest BCUT2D eigenvalue weighted by molar-refractivity contribution is 6.31. The smallest absolute Gasteiger partial charge is 0.248 e. The van der Waals surface area contributed by atoms with E-state index < -0.39 is 0 Å². The van der Waals surface area contributed by atoms with Crippen molar-refractivity contribution in [2.75, 3.05) is 44.8 Å². The Labute approximate surface area is 190 Å². The number of ether oxygens (including phenoxy) is 1. The fourth-order valence-corrected chi connectivity index (χ4v) is 4.34. The van der Waals surface area contributed by atoms with Gasteiger partial charge in [-0.15, -0.1) is 10.2 Å². The van der Waals surface area contributed by atoms with Gasteiger partial charge in [-0.2, -0.15) is 0 Å². The lowest BCUT2D eigenvalue weighted by atomic mass is 10.1. The van der Waals surface area contributed by atoms with Crippen LogP contribution in [0.25, 0.3) is 27.9 Å². The average Bonchev–Trinajstić information content (AvgIpc) is 3.24. The first-order valence-electron chi connectivity index (χ1n) is 10.5. The van der Waals surface area contributed by atoms with E-state index in [0.717, 1.165) is 39.4 Å². The highest BCUT2D eigenvalue weighted by Crippen LogP contribution is 2.31. The SMILES string of the molecule is COCC(=O)N1CCN(c2nc3cc(Cl)ccc3c3nnc(-c4ccccc4C)n23)CC1. The lowest BCUT2D eigenvalue weighted by Gasteiger charge is -2.35. The molecule has 0 atom stereocenters. The third-order valence-corrected chi connectivity index (χ3v) is 6.09. The van der Waals surface area contributed by atoms with Gasteiger partial charge in [0.25, 0.3) is 0 Å². The molecule has 0 N–H and O–H groups in total. The van der Waals surface area contributed by atoms with Crippen LogP contribution in [0.5, 0.6) is 0 Å². The summed E-state index contributed by atoms with van der Waals surface area (Å²) in [4.78, 5) is 21.2. The third-order valence-electron chi connectivity index (χ3n) is 5.85. The fourth-order valence-electron chi connectivity index (χ4n) is 4.17. The Balaban J connectivity index is 1.64. The van der Waals surface area contributed by atoms with Crippen molar-refractivity contribution in [2.24, 2.45) is 0 Å². The number of methoxy groups -OCH3 is 1. The summed E-state index contributed by atoms with van der Waals surface area (Å²) in [5.74, 6) is 1.49. The number of amides is 1. The summed E-state index contributed by atoms with van der Waals surface area (Å²) < 4.78 is 7.02. The summed E-state index contributed by atoms with van der Waals surface area (Å²) in [6.45, 7) is 4.65. The molecule has 0 aliphatic carbocycles. The van der Waals surface area contributed by atoms with Gasteiger partial charge in [0.15, 0.2) is 11.5 Å². The minimum atomic E-state index is 0.000413. The van der Waals surface area contributed by atoms with E-state index >= 15 is 0 Å². The molecule has 2 aromatic carbocycles.